The molecule has 1 rings (SSSR count). The third-order valence-electron chi connectivity index (χ3n) is 3.84. The van der Waals surface area contributed by atoms with E-state index >= 15 is 0 Å². The van der Waals surface area contributed by atoms with E-state index in [4.69, 9.17) is 0 Å². The number of hydrogen-bond donors (Lipinski definition) is 0. The van der Waals surface area contributed by atoms with Crippen molar-refractivity contribution < 1.29 is 0 Å². The van der Waals surface area contributed by atoms with Gasteiger partial charge in [-0.1, -0.05) is 87.4 Å². The summed E-state index contributed by atoms with van der Waals surface area (Å²) in [5, 5.41) is 0. The minimum atomic E-state index is 0.479. The second kappa shape index (κ2) is 10.00. The Morgan fingerprint density at radius 2 is 1.77 bits per heavy atom. The quantitative estimate of drug-likeness (QED) is 0.338. The number of rotatable bonds is 9. The molecule has 118 valence electrons. The molecule has 0 saturated carbocycles. The van der Waals surface area contributed by atoms with Crippen molar-refractivity contribution in [3.05, 3.63) is 72.4 Å². The highest BCUT2D eigenvalue weighted by molar-refractivity contribution is 5.69. The van der Waals surface area contributed by atoms with E-state index in [0.717, 1.165) is 12.8 Å². The molecule has 22 heavy (non-hydrogen) atoms. The van der Waals surface area contributed by atoms with Crippen LogP contribution in [0.1, 0.15) is 57.6 Å². The molecular formula is C22H30. The summed E-state index contributed by atoms with van der Waals surface area (Å²) in [6, 6.07) is 8.66. The summed E-state index contributed by atoms with van der Waals surface area (Å²) in [6.45, 7) is 14.4. The molecule has 0 fully saturated rings. The first-order chi connectivity index (χ1) is 10.6. The number of allylic oxidation sites excluding steroid dienone is 5. The average molecular weight is 294 g/mol. The molecular weight excluding hydrogens is 264 g/mol. The molecule has 0 bridgehead atoms. The fourth-order valence-electron chi connectivity index (χ4n) is 2.67. The van der Waals surface area contributed by atoms with Gasteiger partial charge in [-0.25, -0.2) is 0 Å². The summed E-state index contributed by atoms with van der Waals surface area (Å²) in [6.07, 6.45) is 13.2. The number of hydrogen-bond acceptors (Lipinski definition) is 0. The first-order valence-electron chi connectivity index (χ1n) is 8.39. The van der Waals surface area contributed by atoms with Crippen molar-refractivity contribution in [1.82, 2.24) is 0 Å². The first kappa shape index (κ1) is 18.2. The monoisotopic (exact) mass is 294 g/mol. The standard InChI is InChI=1S/C22H30/c1-6-10-20(9-4)16-18(5)17-22(11-7-2)21-14-12-19(8-3)13-15-21/h8-9,12-17,20H,3-4,6-7,10-11H2,1-2,5H3/b18-16+,22-17+. The lowest BCUT2D eigenvalue weighted by molar-refractivity contribution is 0.689. The molecule has 1 atom stereocenters. The minimum Gasteiger partial charge on any atom is -0.102 e. The van der Waals surface area contributed by atoms with Crippen molar-refractivity contribution in [2.75, 3.05) is 0 Å². The Morgan fingerprint density at radius 3 is 2.27 bits per heavy atom. The van der Waals surface area contributed by atoms with E-state index in [0.29, 0.717) is 5.92 Å². The Labute approximate surface area is 137 Å². The second-order valence-corrected chi connectivity index (χ2v) is 5.84. The van der Waals surface area contributed by atoms with Gasteiger partial charge in [0, 0.05) is 0 Å². The Bertz CT molecular complexity index is 526. The lowest BCUT2D eigenvalue weighted by Crippen LogP contribution is -1.92. The molecule has 0 saturated heterocycles. The Kier molecular flexibility index (Phi) is 8.28. The van der Waals surface area contributed by atoms with E-state index in [1.54, 1.807) is 0 Å². The van der Waals surface area contributed by atoms with Gasteiger partial charge in [-0.3, -0.25) is 0 Å². The summed E-state index contributed by atoms with van der Waals surface area (Å²) >= 11 is 0. The van der Waals surface area contributed by atoms with Crippen molar-refractivity contribution in [1.29, 1.82) is 0 Å². The van der Waals surface area contributed by atoms with Crippen molar-refractivity contribution in [2.45, 2.75) is 46.5 Å². The average Bonchev–Trinajstić information content (AvgIpc) is 2.54. The predicted octanol–water partition coefficient (Wildman–Crippen LogP) is 7.06. The van der Waals surface area contributed by atoms with Crippen LogP contribution in [-0.2, 0) is 0 Å². The molecule has 1 unspecified atom stereocenters. The molecule has 0 aliphatic carbocycles. The van der Waals surface area contributed by atoms with Crippen molar-refractivity contribution in [3.63, 3.8) is 0 Å². The van der Waals surface area contributed by atoms with Crippen LogP contribution in [0.2, 0.25) is 0 Å². The van der Waals surface area contributed by atoms with Crippen LogP contribution in [0.5, 0.6) is 0 Å². The maximum Gasteiger partial charge on any atom is -0.00506 e. The smallest absolute Gasteiger partial charge is 0.00506 e. The maximum atomic E-state index is 3.95. The molecule has 0 aliphatic rings. The highest BCUT2D eigenvalue weighted by atomic mass is 14.1. The zero-order chi connectivity index (χ0) is 16.4. The van der Waals surface area contributed by atoms with Gasteiger partial charge in [0.15, 0.2) is 0 Å². The summed E-state index contributed by atoms with van der Waals surface area (Å²) in [7, 11) is 0. The topological polar surface area (TPSA) is 0 Å². The van der Waals surface area contributed by atoms with Crippen LogP contribution < -0.4 is 0 Å². The molecule has 0 aliphatic heterocycles. The normalized spacial score (nSPS) is 13.8. The van der Waals surface area contributed by atoms with Gasteiger partial charge < -0.3 is 0 Å². The Morgan fingerprint density at radius 1 is 1.09 bits per heavy atom. The minimum absolute atomic E-state index is 0.479. The molecule has 0 N–H and O–H groups in total. The molecule has 0 radical (unpaired) electrons. The molecule has 0 spiro atoms. The van der Waals surface area contributed by atoms with Gasteiger partial charge in [-0.2, -0.15) is 0 Å². The van der Waals surface area contributed by atoms with E-state index in [9.17, 15) is 0 Å². The largest absolute Gasteiger partial charge is 0.102 e. The van der Waals surface area contributed by atoms with Crippen molar-refractivity contribution in [3.8, 4) is 0 Å². The van der Waals surface area contributed by atoms with Gasteiger partial charge in [0.25, 0.3) is 0 Å². The molecule has 0 heterocycles. The van der Waals surface area contributed by atoms with E-state index < -0.39 is 0 Å². The van der Waals surface area contributed by atoms with E-state index in [1.807, 2.05) is 6.08 Å². The SMILES string of the molecule is C=Cc1ccc(/C(=C/C(C)=C/C(C=C)CCC)CCC)cc1. The van der Waals surface area contributed by atoms with Crippen LogP contribution in [0.15, 0.2) is 61.2 Å². The Balaban J connectivity index is 3.03. The summed E-state index contributed by atoms with van der Waals surface area (Å²) in [4.78, 5) is 0. The van der Waals surface area contributed by atoms with Gasteiger partial charge in [0.2, 0.25) is 0 Å². The third-order valence-corrected chi connectivity index (χ3v) is 3.84. The van der Waals surface area contributed by atoms with E-state index in [2.05, 4.69) is 76.4 Å². The van der Waals surface area contributed by atoms with Crippen LogP contribution in [-0.4, -0.2) is 0 Å². The maximum absolute atomic E-state index is 3.95. The van der Waals surface area contributed by atoms with Crippen LogP contribution in [0, 0.1) is 5.92 Å². The van der Waals surface area contributed by atoms with Gasteiger partial charge in [-0.05, 0) is 42.4 Å². The molecule has 0 heteroatoms. The summed E-state index contributed by atoms with van der Waals surface area (Å²) < 4.78 is 0. The summed E-state index contributed by atoms with van der Waals surface area (Å²) in [5.74, 6) is 0.479. The molecule has 0 aromatic heterocycles. The van der Waals surface area contributed by atoms with E-state index in [1.165, 1.54) is 35.1 Å². The summed E-state index contributed by atoms with van der Waals surface area (Å²) in [5.41, 5.74) is 5.22. The van der Waals surface area contributed by atoms with Crippen LogP contribution in [0.25, 0.3) is 11.6 Å². The molecule has 1 aromatic carbocycles. The van der Waals surface area contributed by atoms with Gasteiger partial charge in [0.05, 0.1) is 0 Å². The van der Waals surface area contributed by atoms with Gasteiger partial charge >= 0.3 is 0 Å². The van der Waals surface area contributed by atoms with Crippen molar-refractivity contribution in [2.24, 2.45) is 5.92 Å². The fraction of sp³-hybridized carbons (Fsp3) is 0.364. The van der Waals surface area contributed by atoms with Crippen molar-refractivity contribution >= 4 is 11.6 Å². The van der Waals surface area contributed by atoms with Gasteiger partial charge in [0.1, 0.15) is 0 Å². The predicted molar refractivity (Wildman–Crippen MR) is 102 cm³/mol. The number of benzene rings is 1. The zero-order valence-corrected chi connectivity index (χ0v) is 14.4. The van der Waals surface area contributed by atoms with Crippen LogP contribution in [0.3, 0.4) is 0 Å². The highest BCUT2D eigenvalue weighted by Gasteiger charge is 2.03. The lowest BCUT2D eigenvalue weighted by atomic mass is 9.95. The highest BCUT2D eigenvalue weighted by Crippen LogP contribution is 2.23. The first-order valence-corrected chi connectivity index (χ1v) is 8.39. The molecule has 0 nitrogen and oxygen atoms in total. The van der Waals surface area contributed by atoms with E-state index in [-0.39, 0.29) is 0 Å². The third kappa shape index (κ3) is 5.89. The van der Waals surface area contributed by atoms with Crippen LogP contribution >= 0.6 is 0 Å². The Hall–Kier alpha value is -1.82. The molecule has 0 amide bonds. The lowest BCUT2D eigenvalue weighted by Gasteiger charge is -2.10. The van der Waals surface area contributed by atoms with Gasteiger partial charge in [-0.15, -0.1) is 6.58 Å². The second-order valence-electron chi connectivity index (χ2n) is 5.84. The zero-order valence-electron chi connectivity index (χ0n) is 14.4. The molecule has 1 aromatic rings. The fourth-order valence-corrected chi connectivity index (χ4v) is 2.67. The van der Waals surface area contributed by atoms with Crippen LogP contribution in [0.4, 0.5) is 0 Å².